The number of aliphatic hydroxyl groups is 5. The van der Waals surface area contributed by atoms with Crippen molar-refractivity contribution in [1.82, 2.24) is 5.32 Å². The van der Waals surface area contributed by atoms with E-state index in [4.69, 9.17) is 14.2 Å². The molecule has 0 bridgehead atoms. The molecule has 0 aliphatic carbocycles. The van der Waals surface area contributed by atoms with Gasteiger partial charge in [0.2, 0.25) is 5.91 Å². The summed E-state index contributed by atoms with van der Waals surface area (Å²) in [5.74, 6) is -1.18. The molecule has 1 fully saturated rings. The van der Waals surface area contributed by atoms with Crippen LogP contribution in [0.1, 0.15) is 335 Å². The highest BCUT2D eigenvalue weighted by Crippen LogP contribution is 2.26. The minimum absolute atomic E-state index is 0.130. The molecule has 1 rings (SSSR count). The van der Waals surface area contributed by atoms with Crippen molar-refractivity contribution in [3.63, 3.8) is 0 Å². The lowest BCUT2D eigenvalue weighted by atomic mass is 9.99. The van der Waals surface area contributed by atoms with Crippen LogP contribution in [-0.4, -0.2) is 99.6 Å². The molecule has 0 aromatic heterocycles. The molecule has 1 aliphatic heterocycles. The van der Waals surface area contributed by atoms with Crippen molar-refractivity contribution in [1.29, 1.82) is 0 Å². The standard InChI is InChI=1S/C68H129NO10/c1-4-7-10-13-16-19-22-24-26-27-28-29-30-31-32-33-34-36-37-40-43-46-49-52-55-61(72)67(76)69-59(60(71)54-51-48-45-42-39-21-18-15-12-9-6-3)58-77-68-66(65(75)64(74)62(57-70)78-68)79-63(73)56-53-50-47-44-41-38-35-25-23-20-17-14-11-8-5-2/h24,26,51,54,59-62,64-66,68,70-72,74-75H,4-23,25,27-50,52-53,55-58H2,1-3H3,(H,69,76)/b26-24+,54-51+. The van der Waals surface area contributed by atoms with Crippen LogP contribution in [0, 0.1) is 0 Å². The van der Waals surface area contributed by atoms with Crippen LogP contribution in [0.4, 0.5) is 0 Å². The molecule has 1 amide bonds. The number of aliphatic hydroxyl groups excluding tert-OH is 5. The molecule has 11 nitrogen and oxygen atoms in total. The molecular formula is C68H129NO10. The van der Waals surface area contributed by atoms with Crippen LogP contribution in [0.2, 0.25) is 0 Å². The average molecular weight is 1120 g/mol. The number of unbranched alkanes of at least 4 members (excludes halogenated alkanes) is 43. The highest BCUT2D eigenvalue weighted by molar-refractivity contribution is 5.80. The lowest BCUT2D eigenvalue weighted by molar-refractivity contribution is -0.305. The minimum atomic E-state index is -1.61. The van der Waals surface area contributed by atoms with Gasteiger partial charge in [0, 0.05) is 6.42 Å². The number of hydrogen-bond donors (Lipinski definition) is 6. The SMILES string of the molecule is CCCCCCCC/C=C/CCCCCCCCCCCCCCCCC(O)C(=O)NC(COC1OC(CO)C(O)C(O)C1OC(=O)CCCCCCCCCCCCCCCCC)C(O)/C=C/CCCCCCCCCCC. The fourth-order valence-corrected chi connectivity index (χ4v) is 10.9. The van der Waals surface area contributed by atoms with E-state index in [2.05, 4.69) is 38.2 Å². The van der Waals surface area contributed by atoms with Crippen molar-refractivity contribution in [3.8, 4) is 0 Å². The Kier molecular flexibility index (Phi) is 53.9. The predicted octanol–water partition coefficient (Wildman–Crippen LogP) is 16.8. The Balaban J connectivity index is 2.56. The van der Waals surface area contributed by atoms with Gasteiger partial charge < -0.3 is 45.1 Å². The van der Waals surface area contributed by atoms with Crippen LogP contribution in [-0.2, 0) is 23.8 Å². The molecular weight excluding hydrogens is 991 g/mol. The van der Waals surface area contributed by atoms with Gasteiger partial charge in [-0.15, -0.1) is 0 Å². The van der Waals surface area contributed by atoms with E-state index in [1.54, 1.807) is 6.08 Å². The predicted molar refractivity (Wildman–Crippen MR) is 329 cm³/mol. The molecule has 79 heavy (non-hydrogen) atoms. The molecule has 0 radical (unpaired) electrons. The van der Waals surface area contributed by atoms with E-state index in [1.807, 2.05) is 6.08 Å². The van der Waals surface area contributed by atoms with Crippen molar-refractivity contribution in [2.75, 3.05) is 13.2 Å². The number of esters is 1. The van der Waals surface area contributed by atoms with Gasteiger partial charge in [-0.1, -0.05) is 302 Å². The molecule has 0 aromatic carbocycles. The van der Waals surface area contributed by atoms with Crippen molar-refractivity contribution >= 4 is 11.9 Å². The van der Waals surface area contributed by atoms with Gasteiger partial charge in [-0.2, -0.15) is 0 Å². The molecule has 8 atom stereocenters. The summed E-state index contributed by atoms with van der Waals surface area (Å²) >= 11 is 0. The Hall–Kier alpha value is -1.86. The first-order valence-corrected chi connectivity index (χ1v) is 34.1. The number of nitrogens with one attached hydrogen (secondary N) is 1. The summed E-state index contributed by atoms with van der Waals surface area (Å²) in [7, 11) is 0. The number of carbonyl (C=O) groups excluding carboxylic acids is 2. The average Bonchev–Trinajstić information content (AvgIpc) is 3.44. The molecule has 6 N–H and O–H groups in total. The van der Waals surface area contributed by atoms with Crippen LogP contribution in [0.5, 0.6) is 0 Å². The Bertz CT molecular complexity index is 1380. The van der Waals surface area contributed by atoms with E-state index in [9.17, 15) is 35.1 Å². The van der Waals surface area contributed by atoms with Crippen molar-refractivity contribution in [2.24, 2.45) is 0 Å². The van der Waals surface area contributed by atoms with E-state index < -0.39 is 67.4 Å². The monoisotopic (exact) mass is 1120 g/mol. The number of rotatable bonds is 59. The molecule has 466 valence electrons. The number of ether oxygens (including phenoxy) is 3. The van der Waals surface area contributed by atoms with E-state index in [0.29, 0.717) is 19.3 Å². The van der Waals surface area contributed by atoms with Gasteiger partial charge in [0.05, 0.1) is 25.4 Å². The Labute approximate surface area is 486 Å². The van der Waals surface area contributed by atoms with Crippen LogP contribution in [0.3, 0.4) is 0 Å². The molecule has 8 unspecified atom stereocenters. The topological polar surface area (TPSA) is 175 Å². The number of allylic oxidation sites excluding steroid dienone is 3. The molecule has 1 saturated heterocycles. The van der Waals surface area contributed by atoms with Crippen LogP contribution in [0.15, 0.2) is 24.3 Å². The van der Waals surface area contributed by atoms with E-state index in [0.717, 1.165) is 57.8 Å². The first-order chi connectivity index (χ1) is 38.7. The van der Waals surface area contributed by atoms with Gasteiger partial charge >= 0.3 is 5.97 Å². The smallest absolute Gasteiger partial charge is 0.306 e. The van der Waals surface area contributed by atoms with E-state index in [1.165, 1.54) is 231 Å². The summed E-state index contributed by atoms with van der Waals surface area (Å²) in [5, 5.41) is 57.1. The number of hydrogen-bond acceptors (Lipinski definition) is 10. The third kappa shape index (κ3) is 44.4. The lowest BCUT2D eigenvalue weighted by Gasteiger charge is -2.41. The maximum absolute atomic E-state index is 13.5. The van der Waals surface area contributed by atoms with Crippen LogP contribution >= 0.6 is 0 Å². The summed E-state index contributed by atoms with van der Waals surface area (Å²) in [6, 6.07) is -1.02. The van der Waals surface area contributed by atoms with Gasteiger partial charge in [-0.05, 0) is 51.4 Å². The first kappa shape index (κ1) is 75.2. The Morgan fingerprint density at radius 3 is 1.23 bits per heavy atom. The van der Waals surface area contributed by atoms with E-state index >= 15 is 0 Å². The number of amides is 1. The fraction of sp³-hybridized carbons (Fsp3) is 0.912. The van der Waals surface area contributed by atoms with Crippen molar-refractivity contribution in [2.45, 2.75) is 384 Å². The second-order valence-electron chi connectivity index (χ2n) is 23.9. The maximum Gasteiger partial charge on any atom is 0.306 e. The van der Waals surface area contributed by atoms with Crippen LogP contribution < -0.4 is 5.32 Å². The summed E-state index contributed by atoms with van der Waals surface area (Å²) in [6.07, 6.45) is 56.6. The highest BCUT2D eigenvalue weighted by Gasteiger charge is 2.47. The minimum Gasteiger partial charge on any atom is -0.454 e. The van der Waals surface area contributed by atoms with Gasteiger partial charge in [-0.25, -0.2) is 0 Å². The normalized spacial score (nSPS) is 18.9. The summed E-state index contributed by atoms with van der Waals surface area (Å²) < 4.78 is 17.7. The largest absolute Gasteiger partial charge is 0.454 e. The molecule has 0 aromatic rings. The molecule has 0 saturated carbocycles. The van der Waals surface area contributed by atoms with Gasteiger partial charge in [0.25, 0.3) is 0 Å². The second kappa shape index (κ2) is 56.6. The fourth-order valence-electron chi connectivity index (χ4n) is 10.9. The Morgan fingerprint density at radius 1 is 0.481 bits per heavy atom. The molecule has 11 heteroatoms. The van der Waals surface area contributed by atoms with Crippen molar-refractivity contribution in [3.05, 3.63) is 24.3 Å². The van der Waals surface area contributed by atoms with Gasteiger partial charge in [0.15, 0.2) is 12.4 Å². The molecule has 1 aliphatic rings. The summed E-state index contributed by atoms with van der Waals surface area (Å²) in [6.45, 7) is 5.82. The highest BCUT2D eigenvalue weighted by atomic mass is 16.7. The zero-order valence-corrected chi connectivity index (χ0v) is 51.8. The Morgan fingerprint density at radius 2 is 0.835 bits per heavy atom. The van der Waals surface area contributed by atoms with Crippen LogP contribution in [0.25, 0.3) is 0 Å². The third-order valence-corrected chi connectivity index (χ3v) is 16.4. The van der Waals surface area contributed by atoms with Gasteiger partial charge in [-0.3, -0.25) is 9.59 Å². The van der Waals surface area contributed by atoms with Gasteiger partial charge in [0.1, 0.15) is 24.4 Å². The van der Waals surface area contributed by atoms with E-state index in [-0.39, 0.29) is 13.0 Å². The maximum atomic E-state index is 13.5. The number of carbonyl (C=O) groups is 2. The first-order valence-electron chi connectivity index (χ1n) is 34.1. The summed E-state index contributed by atoms with van der Waals surface area (Å²) in [5.41, 5.74) is 0. The molecule has 0 spiro atoms. The second-order valence-corrected chi connectivity index (χ2v) is 23.9. The van der Waals surface area contributed by atoms with Crippen molar-refractivity contribution < 1.29 is 49.3 Å². The third-order valence-electron chi connectivity index (χ3n) is 16.4. The quantitative estimate of drug-likeness (QED) is 0.0195. The zero-order chi connectivity index (χ0) is 57.5. The molecule has 1 heterocycles. The lowest BCUT2D eigenvalue weighted by Crippen LogP contribution is -2.61. The summed E-state index contributed by atoms with van der Waals surface area (Å²) in [4.78, 5) is 26.6. The zero-order valence-electron chi connectivity index (χ0n) is 51.8.